The maximum Gasteiger partial charge on any atom is 0.349 e. The fraction of sp³-hybridized carbons (Fsp3) is 0.333. The van der Waals surface area contributed by atoms with Gasteiger partial charge >= 0.3 is 11.9 Å². The van der Waals surface area contributed by atoms with E-state index in [1.807, 2.05) is 0 Å². The molecular formula is C6H6N2O4. The van der Waals surface area contributed by atoms with E-state index in [1.54, 1.807) is 0 Å². The number of nitrogens with zero attached hydrogens (tertiary/aromatic N) is 2. The third-order valence-corrected chi connectivity index (χ3v) is 1.44. The first-order valence-electron chi connectivity index (χ1n) is 3.08. The predicted molar refractivity (Wildman–Crippen MR) is 36.6 cm³/mol. The van der Waals surface area contributed by atoms with E-state index in [0.29, 0.717) is 5.70 Å². The van der Waals surface area contributed by atoms with Crippen LogP contribution >= 0.6 is 0 Å². The van der Waals surface area contributed by atoms with E-state index in [9.17, 15) is 9.59 Å². The molecule has 0 spiro atoms. The standard InChI is InChI=1S/C6H6N2O4/c1-3-2-6(4(9)10,5(11)12)8-7-3/h2H,1H3,(H,9,10)(H,11,12). The highest BCUT2D eigenvalue weighted by molar-refractivity contribution is 6.06. The lowest BCUT2D eigenvalue weighted by Crippen LogP contribution is -2.41. The second-order valence-electron chi connectivity index (χ2n) is 2.36. The van der Waals surface area contributed by atoms with Gasteiger partial charge in [0.1, 0.15) is 0 Å². The quantitative estimate of drug-likeness (QED) is 0.580. The Hall–Kier alpha value is -1.72. The molecule has 12 heavy (non-hydrogen) atoms. The number of azo groups is 1. The Balaban J connectivity index is 3.17. The molecule has 1 aliphatic heterocycles. The van der Waals surface area contributed by atoms with E-state index < -0.39 is 17.5 Å². The Labute approximate surface area is 67.2 Å². The first kappa shape index (κ1) is 8.38. The first-order chi connectivity index (χ1) is 5.49. The second-order valence-corrected chi connectivity index (χ2v) is 2.36. The maximum atomic E-state index is 10.5. The van der Waals surface area contributed by atoms with E-state index in [4.69, 9.17) is 10.2 Å². The Bertz CT molecular complexity index is 291. The van der Waals surface area contributed by atoms with Crippen molar-refractivity contribution < 1.29 is 19.8 Å². The molecule has 0 unspecified atom stereocenters. The summed E-state index contributed by atoms with van der Waals surface area (Å²) >= 11 is 0. The van der Waals surface area contributed by atoms with Crippen LogP contribution in [0.15, 0.2) is 22.0 Å². The molecule has 0 aliphatic carbocycles. The van der Waals surface area contributed by atoms with Gasteiger partial charge in [-0.1, -0.05) is 0 Å². The van der Waals surface area contributed by atoms with E-state index in [0.717, 1.165) is 6.08 Å². The summed E-state index contributed by atoms with van der Waals surface area (Å²) in [6.45, 7) is 1.48. The average Bonchev–Trinajstić information content (AvgIpc) is 2.32. The minimum atomic E-state index is -2.20. The smallest absolute Gasteiger partial charge is 0.349 e. The number of allylic oxidation sites excluding steroid dienone is 1. The fourth-order valence-corrected chi connectivity index (χ4v) is 0.818. The minimum Gasteiger partial charge on any atom is -0.479 e. The lowest BCUT2D eigenvalue weighted by atomic mass is 10.0. The van der Waals surface area contributed by atoms with Crippen molar-refractivity contribution in [3.63, 3.8) is 0 Å². The molecule has 6 nitrogen and oxygen atoms in total. The van der Waals surface area contributed by atoms with Gasteiger partial charge in [0.2, 0.25) is 0 Å². The molecular weight excluding hydrogens is 164 g/mol. The summed E-state index contributed by atoms with van der Waals surface area (Å²) in [4.78, 5) is 21.1. The van der Waals surface area contributed by atoms with Crippen LogP contribution in [-0.2, 0) is 9.59 Å². The zero-order valence-electron chi connectivity index (χ0n) is 6.18. The number of hydrogen-bond donors (Lipinski definition) is 2. The zero-order valence-corrected chi connectivity index (χ0v) is 6.18. The number of hydrogen-bond acceptors (Lipinski definition) is 4. The minimum absolute atomic E-state index is 0.291. The number of carbonyl (C=O) groups is 2. The molecule has 0 saturated carbocycles. The summed E-state index contributed by atoms with van der Waals surface area (Å²) < 4.78 is 0. The van der Waals surface area contributed by atoms with Gasteiger partial charge in [-0.2, -0.15) is 10.2 Å². The van der Waals surface area contributed by atoms with Crippen LogP contribution < -0.4 is 0 Å². The van der Waals surface area contributed by atoms with Gasteiger partial charge in [-0.3, -0.25) is 0 Å². The van der Waals surface area contributed by atoms with Crippen LogP contribution in [0.3, 0.4) is 0 Å². The normalized spacial score (nSPS) is 18.9. The molecule has 0 atom stereocenters. The summed E-state index contributed by atoms with van der Waals surface area (Å²) in [6.07, 6.45) is 0.998. The van der Waals surface area contributed by atoms with Crippen molar-refractivity contribution in [3.05, 3.63) is 11.8 Å². The SMILES string of the molecule is CC1=CC(C(=O)O)(C(=O)O)N=N1. The largest absolute Gasteiger partial charge is 0.479 e. The highest BCUT2D eigenvalue weighted by atomic mass is 16.4. The average molecular weight is 170 g/mol. The molecule has 2 N–H and O–H groups in total. The van der Waals surface area contributed by atoms with Gasteiger partial charge in [-0.25, -0.2) is 9.59 Å². The number of carboxylic acids is 2. The van der Waals surface area contributed by atoms with Crippen LogP contribution in [0.1, 0.15) is 6.92 Å². The Morgan fingerprint density at radius 2 is 1.92 bits per heavy atom. The Kier molecular flexibility index (Phi) is 1.68. The lowest BCUT2D eigenvalue weighted by Gasteiger charge is -2.09. The molecule has 0 amide bonds. The monoisotopic (exact) mass is 170 g/mol. The number of rotatable bonds is 2. The summed E-state index contributed by atoms with van der Waals surface area (Å²) in [5, 5.41) is 23.7. The third kappa shape index (κ3) is 0.969. The van der Waals surface area contributed by atoms with Crippen molar-refractivity contribution in [1.82, 2.24) is 0 Å². The van der Waals surface area contributed by atoms with Crippen LogP contribution in [0.25, 0.3) is 0 Å². The number of carboxylic acid groups (broad SMARTS) is 2. The molecule has 0 radical (unpaired) electrons. The lowest BCUT2D eigenvalue weighted by molar-refractivity contribution is -0.153. The molecule has 6 heteroatoms. The van der Waals surface area contributed by atoms with Crippen LogP contribution in [0.5, 0.6) is 0 Å². The molecule has 0 saturated heterocycles. The summed E-state index contributed by atoms with van der Waals surface area (Å²) in [7, 11) is 0. The molecule has 0 aromatic rings. The van der Waals surface area contributed by atoms with Crippen LogP contribution in [-0.4, -0.2) is 27.7 Å². The predicted octanol–water partition coefficient (Wildman–Crippen LogP) is 0.264. The van der Waals surface area contributed by atoms with Crippen molar-refractivity contribution >= 4 is 11.9 Å². The molecule has 1 rings (SSSR count). The Morgan fingerprint density at radius 1 is 1.42 bits per heavy atom. The van der Waals surface area contributed by atoms with Gasteiger partial charge in [0.05, 0.1) is 5.70 Å². The van der Waals surface area contributed by atoms with E-state index >= 15 is 0 Å². The molecule has 0 aromatic carbocycles. The van der Waals surface area contributed by atoms with Crippen molar-refractivity contribution in [2.24, 2.45) is 10.2 Å². The van der Waals surface area contributed by atoms with E-state index in [-0.39, 0.29) is 0 Å². The third-order valence-electron chi connectivity index (χ3n) is 1.44. The van der Waals surface area contributed by atoms with Gasteiger partial charge < -0.3 is 10.2 Å². The van der Waals surface area contributed by atoms with E-state index in [1.165, 1.54) is 6.92 Å². The summed E-state index contributed by atoms with van der Waals surface area (Å²) in [5.74, 6) is -3.06. The van der Waals surface area contributed by atoms with Crippen molar-refractivity contribution in [1.29, 1.82) is 0 Å². The Morgan fingerprint density at radius 3 is 2.08 bits per heavy atom. The molecule has 0 bridgehead atoms. The van der Waals surface area contributed by atoms with Gasteiger partial charge in [0.15, 0.2) is 0 Å². The molecule has 0 aromatic heterocycles. The zero-order chi connectivity index (χ0) is 9.35. The fourth-order valence-electron chi connectivity index (χ4n) is 0.818. The van der Waals surface area contributed by atoms with Crippen molar-refractivity contribution in [2.75, 3.05) is 0 Å². The second kappa shape index (κ2) is 2.40. The van der Waals surface area contributed by atoms with Gasteiger partial charge in [-0.15, -0.1) is 0 Å². The van der Waals surface area contributed by atoms with Gasteiger partial charge in [0.25, 0.3) is 5.54 Å². The molecule has 1 heterocycles. The summed E-state index contributed by atoms with van der Waals surface area (Å²) in [5.41, 5.74) is -1.91. The highest BCUT2D eigenvalue weighted by Gasteiger charge is 2.48. The molecule has 0 fully saturated rings. The van der Waals surface area contributed by atoms with Gasteiger partial charge in [-0.05, 0) is 13.0 Å². The van der Waals surface area contributed by atoms with Crippen LogP contribution in [0.2, 0.25) is 0 Å². The van der Waals surface area contributed by atoms with Crippen LogP contribution in [0.4, 0.5) is 0 Å². The highest BCUT2D eigenvalue weighted by Crippen LogP contribution is 2.24. The first-order valence-corrected chi connectivity index (χ1v) is 3.08. The van der Waals surface area contributed by atoms with Crippen molar-refractivity contribution in [2.45, 2.75) is 12.5 Å². The summed E-state index contributed by atoms with van der Waals surface area (Å²) in [6, 6.07) is 0. The molecule has 1 aliphatic rings. The van der Waals surface area contributed by atoms with Crippen molar-refractivity contribution in [3.8, 4) is 0 Å². The maximum absolute atomic E-state index is 10.5. The van der Waals surface area contributed by atoms with E-state index in [2.05, 4.69) is 10.2 Å². The number of aliphatic carboxylic acids is 2. The van der Waals surface area contributed by atoms with Crippen LogP contribution in [0, 0.1) is 0 Å². The topological polar surface area (TPSA) is 99.3 Å². The van der Waals surface area contributed by atoms with Gasteiger partial charge in [0, 0.05) is 0 Å². The molecule has 64 valence electrons.